The second-order valence-electron chi connectivity index (χ2n) is 18.2. The number of aliphatic hydroxyl groups is 5. The Bertz CT molecular complexity index is 1340. The average molecular weight is 944 g/mol. The Labute approximate surface area is 407 Å². The van der Waals surface area contributed by atoms with E-state index in [1.54, 1.807) is 6.08 Å². The van der Waals surface area contributed by atoms with Gasteiger partial charge in [0.2, 0.25) is 5.91 Å². The topological polar surface area (TPSA) is 175 Å². The summed E-state index contributed by atoms with van der Waals surface area (Å²) in [6, 6.07) is -0.879. The van der Waals surface area contributed by atoms with Crippen LogP contribution in [0.5, 0.6) is 0 Å². The van der Waals surface area contributed by atoms with Crippen LogP contribution in [0.1, 0.15) is 206 Å². The maximum absolute atomic E-state index is 12.9. The summed E-state index contributed by atoms with van der Waals surface area (Å²) in [4.78, 5) is 25.0. The van der Waals surface area contributed by atoms with Crippen molar-refractivity contribution in [3.63, 3.8) is 0 Å². The molecule has 67 heavy (non-hydrogen) atoms. The molecule has 11 heteroatoms. The number of hydrogen-bond donors (Lipinski definition) is 6. The molecule has 0 aromatic rings. The lowest BCUT2D eigenvalue weighted by Gasteiger charge is -2.40. The molecule has 7 unspecified atom stereocenters. The van der Waals surface area contributed by atoms with Gasteiger partial charge in [-0.05, 0) is 96.3 Å². The number of carbonyl (C=O) groups excluding carboxylic acids is 2. The summed E-state index contributed by atoms with van der Waals surface area (Å²) in [5, 5.41) is 54.0. The lowest BCUT2D eigenvalue weighted by molar-refractivity contribution is -0.302. The molecule has 6 N–H and O–H groups in total. The van der Waals surface area contributed by atoms with Crippen molar-refractivity contribution < 1.29 is 49.3 Å². The van der Waals surface area contributed by atoms with Crippen molar-refractivity contribution in [1.29, 1.82) is 0 Å². The predicted octanol–water partition coefficient (Wildman–Crippen LogP) is 11.3. The Kier molecular flexibility index (Phi) is 42.2. The third-order valence-electron chi connectivity index (χ3n) is 12.0. The highest BCUT2D eigenvalue weighted by Gasteiger charge is 2.44. The molecule has 7 atom stereocenters. The number of esters is 1. The third-order valence-corrected chi connectivity index (χ3v) is 12.0. The minimum atomic E-state index is -1.60. The molecule has 1 aliphatic heterocycles. The van der Waals surface area contributed by atoms with Crippen LogP contribution in [0.4, 0.5) is 0 Å². The predicted molar refractivity (Wildman–Crippen MR) is 273 cm³/mol. The molecular weight excluding hydrogens is 847 g/mol. The summed E-state index contributed by atoms with van der Waals surface area (Å²) >= 11 is 0. The largest absolute Gasteiger partial charge is 0.466 e. The van der Waals surface area contributed by atoms with Gasteiger partial charge in [-0.25, -0.2) is 0 Å². The van der Waals surface area contributed by atoms with Crippen molar-refractivity contribution in [1.82, 2.24) is 5.32 Å². The Balaban J connectivity index is 2.18. The van der Waals surface area contributed by atoms with E-state index in [1.165, 1.54) is 89.9 Å². The first kappa shape index (κ1) is 62.1. The maximum atomic E-state index is 12.9. The van der Waals surface area contributed by atoms with E-state index < -0.39 is 49.5 Å². The van der Waals surface area contributed by atoms with Crippen LogP contribution in [0.2, 0.25) is 0 Å². The molecule has 1 heterocycles. The molecule has 1 aliphatic rings. The Morgan fingerprint density at radius 1 is 0.567 bits per heavy atom. The summed E-state index contributed by atoms with van der Waals surface area (Å²) in [6.45, 7) is 4.07. The SMILES string of the molecule is CC/C=C/CC/C=C/CC/C=C/C(O)C(COC1OC(CO)C(O)C(O)C1O)NC(=O)CC/C=C\C/C=C\CCCCCCCCOC(=O)CCCCCCC/C=C\CCCCCCCCC. The van der Waals surface area contributed by atoms with Crippen molar-refractivity contribution >= 4 is 11.9 Å². The molecule has 0 spiro atoms. The van der Waals surface area contributed by atoms with Crippen molar-refractivity contribution in [2.24, 2.45) is 0 Å². The standard InChI is InChI=1S/C56H97NO10/c1-3-5-7-9-11-13-15-16-17-18-21-24-28-32-36-40-44-52(61)65-45-41-37-33-29-25-22-19-20-23-27-31-35-39-43-51(60)57-48(47-66-56-55(64)54(63)53(62)50(46-58)67-56)49(59)42-38-34-30-26-14-12-10-8-6-4-2/h6,8,14,17-18,20,23,26,31,35,38,42,48-50,53-56,58-59,62-64H,3-5,7,9-13,15-16,19,21-22,24-25,27-30,32-34,36-37,39-41,43-47H2,1-2H3,(H,57,60)/b8-6+,18-17-,23-20-,26-14+,35-31-,42-38+. The summed E-state index contributed by atoms with van der Waals surface area (Å²) < 4.78 is 16.6. The summed E-state index contributed by atoms with van der Waals surface area (Å²) in [6.07, 6.45) is 48.7. The van der Waals surface area contributed by atoms with Gasteiger partial charge in [0.15, 0.2) is 6.29 Å². The number of amides is 1. The number of ether oxygens (including phenoxy) is 3. The van der Waals surface area contributed by atoms with Crippen molar-refractivity contribution in [2.75, 3.05) is 19.8 Å². The van der Waals surface area contributed by atoms with Crippen LogP contribution < -0.4 is 5.32 Å². The van der Waals surface area contributed by atoms with Crippen molar-refractivity contribution in [3.05, 3.63) is 72.9 Å². The Morgan fingerprint density at radius 2 is 1.07 bits per heavy atom. The van der Waals surface area contributed by atoms with Crippen LogP contribution in [0.15, 0.2) is 72.9 Å². The number of aliphatic hydroxyl groups excluding tert-OH is 5. The van der Waals surface area contributed by atoms with E-state index >= 15 is 0 Å². The number of carbonyl (C=O) groups is 2. The Morgan fingerprint density at radius 3 is 1.67 bits per heavy atom. The molecule has 0 radical (unpaired) electrons. The zero-order valence-electron chi connectivity index (χ0n) is 42.1. The van der Waals surface area contributed by atoms with Crippen LogP contribution in [0, 0.1) is 0 Å². The van der Waals surface area contributed by atoms with Gasteiger partial charge in [0.05, 0.1) is 32.0 Å². The minimum absolute atomic E-state index is 0.0501. The van der Waals surface area contributed by atoms with Gasteiger partial charge in [-0.2, -0.15) is 0 Å². The van der Waals surface area contributed by atoms with Crippen LogP contribution >= 0.6 is 0 Å². The fraction of sp³-hybridized carbons (Fsp3) is 0.750. The van der Waals surface area contributed by atoms with E-state index in [-0.39, 0.29) is 24.9 Å². The van der Waals surface area contributed by atoms with Gasteiger partial charge in [0.1, 0.15) is 24.4 Å². The lowest BCUT2D eigenvalue weighted by Crippen LogP contribution is -2.60. The molecule has 1 saturated heterocycles. The third kappa shape index (κ3) is 35.8. The van der Waals surface area contributed by atoms with Crippen LogP contribution in [-0.4, -0.2) is 100 Å². The zero-order valence-corrected chi connectivity index (χ0v) is 42.1. The van der Waals surface area contributed by atoms with E-state index in [2.05, 4.69) is 67.8 Å². The minimum Gasteiger partial charge on any atom is -0.466 e. The molecule has 0 aromatic carbocycles. The van der Waals surface area contributed by atoms with Gasteiger partial charge in [0, 0.05) is 12.8 Å². The summed E-state index contributed by atoms with van der Waals surface area (Å²) in [7, 11) is 0. The van der Waals surface area contributed by atoms with Crippen LogP contribution in [-0.2, 0) is 23.8 Å². The smallest absolute Gasteiger partial charge is 0.305 e. The van der Waals surface area contributed by atoms with Gasteiger partial charge in [-0.1, -0.05) is 170 Å². The number of rotatable bonds is 44. The molecule has 0 aliphatic carbocycles. The average Bonchev–Trinajstić information content (AvgIpc) is 3.32. The van der Waals surface area contributed by atoms with Crippen molar-refractivity contribution in [3.8, 4) is 0 Å². The molecule has 0 bridgehead atoms. The highest BCUT2D eigenvalue weighted by atomic mass is 16.7. The second kappa shape index (κ2) is 45.5. The molecule has 0 saturated carbocycles. The maximum Gasteiger partial charge on any atom is 0.305 e. The van der Waals surface area contributed by atoms with Crippen LogP contribution in [0.25, 0.3) is 0 Å². The van der Waals surface area contributed by atoms with E-state index in [0.29, 0.717) is 25.9 Å². The number of allylic oxidation sites excluding steroid dienone is 11. The van der Waals surface area contributed by atoms with Gasteiger partial charge >= 0.3 is 5.97 Å². The molecule has 1 fully saturated rings. The van der Waals surface area contributed by atoms with Gasteiger partial charge < -0.3 is 45.1 Å². The molecule has 1 rings (SSSR count). The monoisotopic (exact) mass is 944 g/mol. The lowest BCUT2D eigenvalue weighted by atomic mass is 9.99. The first-order valence-electron chi connectivity index (χ1n) is 26.7. The fourth-order valence-electron chi connectivity index (χ4n) is 7.75. The van der Waals surface area contributed by atoms with E-state index in [0.717, 1.165) is 77.0 Å². The summed E-state index contributed by atoms with van der Waals surface area (Å²) in [5.41, 5.74) is 0. The number of unbranched alkanes of at least 4 members (excludes halogenated alkanes) is 20. The zero-order chi connectivity index (χ0) is 48.8. The first-order chi connectivity index (χ1) is 32.7. The molecule has 11 nitrogen and oxygen atoms in total. The van der Waals surface area contributed by atoms with Gasteiger partial charge in [-0.3, -0.25) is 9.59 Å². The summed E-state index contributed by atoms with van der Waals surface area (Å²) in [5.74, 6) is -0.332. The van der Waals surface area contributed by atoms with Crippen molar-refractivity contribution in [2.45, 2.75) is 249 Å². The fourth-order valence-corrected chi connectivity index (χ4v) is 7.75. The normalized spacial score (nSPS) is 20.1. The van der Waals surface area contributed by atoms with Crippen LogP contribution in [0.3, 0.4) is 0 Å². The Hall–Kier alpha value is -2.90. The van der Waals surface area contributed by atoms with Gasteiger partial charge in [-0.15, -0.1) is 0 Å². The molecule has 386 valence electrons. The number of hydrogen-bond acceptors (Lipinski definition) is 10. The van der Waals surface area contributed by atoms with Gasteiger partial charge in [0.25, 0.3) is 0 Å². The second-order valence-corrected chi connectivity index (χ2v) is 18.2. The number of nitrogens with one attached hydrogen (secondary N) is 1. The van der Waals surface area contributed by atoms with E-state index in [9.17, 15) is 35.1 Å². The van der Waals surface area contributed by atoms with E-state index in [1.807, 2.05) is 18.2 Å². The quantitative estimate of drug-likeness (QED) is 0.0196. The molecular formula is C56H97NO10. The molecule has 1 amide bonds. The first-order valence-corrected chi connectivity index (χ1v) is 26.7. The highest BCUT2D eigenvalue weighted by Crippen LogP contribution is 2.22. The molecule has 0 aromatic heterocycles. The highest BCUT2D eigenvalue weighted by molar-refractivity contribution is 5.76. The van der Waals surface area contributed by atoms with E-state index in [4.69, 9.17) is 14.2 Å².